The lowest BCUT2D eigenvalue weighted by molar-refractivity contribution is 0.0814. The van der Waals surface area contributed by atoms with Crippen molar-refractivity contribution in [3.63, 3.8) is 0 Å². The lowest BCUT2D eigenvalue weighted by Crippen LogP contribution is -2.42. The van der Waals surface area contributed by atoms with Crippen LogP contribution in [-0.2, 0) is 14.2 Å². The molecule has 1 N–H and O–H groups in total. The number of ether oxygens (including phenoxy) is 3. The molecule has 0 spiro atoms. The van der Waals surface area contributed by atoms with Crippen molar-refractivity contribution >= 4 is 0 Å². The highest BCUT2D eigenvalue weighted by molar-refractivity contribution is 4.77. The molecular formula is C15H32N2O3. The van der Waals surface area contributed by atoms with E-state index in [4.69, 9.17) is 14.2 Å². The molecule has 0 aromatic heterocycles. The van der Waals surface area contributed by atoms with E-state index in [0.717, 1.165) is 52.4 Å². The van der Waals surface area contributed by atoms with Crippen LogP contribution in [0.1, 0.15) is 26.2 Å². The van der Waals surface area contributed by atoms with Crippen LogP contribution in [0.3, 0.4) is 0 Å². The lowest BCUT2D eigenvalue weighted by atomic mass is 10.1. The van der Waals surface area contributed by atoms with Crippen LogP contribution in [-0.4, -0.2) is 77.3 Å². The van der Waals surface area contributed by atoms with E-state index in [1.54, 1.807) is 14.2 Å². The Hall–Kier alpha value is -0.200. The largest absolute Gasteiger partial charge is 0.385 e. The Morgan fingerprint density at radius 3 is 2.65 bits per heavy atom. The molecular weight excluding hydrogens is 256 g/mol. The van der Waals surface area contributed by atoms with E-state index in [-0.39, 0.29) is 0 Å². The summed E-state index contributed by atoms with van der Waals surface area (Å²) >= 11 is 0. The SMILES string of the molecule is COCCCN(CCNC(C)C1CCCO1)CCOC. The van der Waals surface area contributed by atoms with Crippen LogP contribution in [0.25, 0.3) is 0 Å². The van der Waals surface area contributed by atoms with E-state index in [9.17, 15) is 0 Å². The second kappa shape index (κ2) is 11.5. The van der Waals surface area contributed by atoms with Crippen molar-refractivity contribution in [2.45, 2.75) is 38.3 Å². The van der Waals surface area contributed by atoms with Crippen molar-refractivity contribution in [2.75, 3.05) is 60.2 Å². The first kappa shape index (κ1) is 17.9. The second-order valence-electron chi connectivity index (χ2n) is 5.48. The van der Waals surface area contributed by atoms with Gasteiger partial charge in [0.2, 0.25) is 0 Å². The number of nitrogens with one attached hydrogen (secondary N) is 1. The number of hydrogen-bond acceptors (Lipinski definition) is 5. The van der Waals surface area contributed by atoms with Gasteiger partial charge >= 0.3 is 0 Å². The van der Waals surface area contributed by atoms with Crippen molar-refractivity contribution in [1.29, 1.82) is 0 Å². The van der Waals surface area contributed by atoms with Crippen LogP contribution in [0.5, 0.6) is 0 Å². The van der Waals surface area contributed by atoms with Gasteiger partial charge in [0.25, 0.3) is 0 Å². The van der Waals surface area contributed by atoms with Gasteiger partial charge in [-0.15, -0.1) is 0 Å². The highest BCUT2D eigenvalue weighted by atomic mass is 16.5. The minimum Gasteiger partial charge on any atom is -0.385 e. The summed E-state index contributed by atoms with van der Waals surface area (Å²) in [6, 6.07) is 0.445. The molecule has 1 aliphatic rings. The molecule has 1 heterocycles. The smallest absolute Gasteiger partial charge is 0.0726 e. The first-order valence-corrected chi connectivity index (χ1v) is 7.83. The van der Waals surface area contributed by atoms with Crippen molar-refractivity contribution < 1.29 is 14.2 Å². The molecule has 20 heavy (non-hydrogen) atoms. The van der Waals surface area contributed by atoms with E-state index >= 15 is 0 Å². The molecule has 0 bridgehead atoms. The fourth-order valence-corrected chi connectivity index (χ4v) is 2.57. The van der Waals surface area contributed by atoms with Crippen LogP contribution in [0, 0.1) is 0 Å². The quantitative estimate of drug-likeness (QED) is 0.545. The van der Waals surface area contributed by atoms with Gasteiger partial charge in [-0.05, 0) is 26.2 Å². The first-order chi connectivity index (χ1) is 9.77. The highest BCUT2D eigenvalue weighted by Gasteiger charge is 2.21. The summed E-state index contributed by atoms with van der Waals surface area (Å²) in [5.74, 6) is 0. The van der Waals surface area contributed by atoms with Gasteiger partial charge in [0.15, 0.2) is 0 Å². The van der Waals surface area contributed by atoms with Crippen LogP contribution in [0.4, 0.5) is 0 Å². The van der Waals surface area contributed by atoms with E-state index < -0.39 is 0 Å². The van der Waals surface area contributed by atoms with Gasteiger partial charge < -0.3 is 19.5 Å². The Morgan fingerprint density at radius 2 is 2.00 bits per heavy atom. The van der Waals surface area contributed by atoms with Crippen molar-refractivity contribution in [2.24, 2.45) is 0 Å². The molecule has 2 unspecified atom stereocenters. The van der Waals surface area contributed by atoms with Crippen LogP contribution in [0.15, 0.2) is 0 Å². The molecule has 1 saturated heterocycles. The number of methoxy groups -OCH3 is 2. The third-order valence-electron chi connectivity index (χ3n) is 3.85. The average Bonchev–Trinajstić information content (AvgIpc) is 2.98. The monoisotopic (exact) mass is 288 g/mol. The Labute approximate surface area is 123 Å². The molecule has 0 aromatic rings. The van der Waals surface area contributed by atoms with E-state index in [1.807, 2.05) is 0 Å². The molecule has 2 atom stereocenters. The Morgan fingerprint density at radius 1 is 1.20 bits per heavy atom. The molecule has 1 aliphatic heterocycles. The van der Waals surface area contributed by atoms with Gasteiger partial charge in [-0.1, -0.05) is 0 Å². The molecule has 120 valence electrons. The van der Waals surface area contributed by atoms with Crippen molar-refractivity contribution in [1.82, 2.24) is 10.2 Å². The van der Waals surface area contributed by atoms with Crippen LogP contribution >= 0.6 is 0 Å². The van der Waals surface area contributed by atoms with Crippen molar-refractivity contribution in [3.8, 4) is 0 Å². The Bertz CT molecular complexity index is 223. The standard InChI is InChI=1S/C15H32N2O3/c1-14(15-6-4-12-20-15)16-7-9-17(10-13-19-3)8-5-11-18-2/h14-16H,4-13H2,1-3H3. The molecule has 0 aromatic carbocycles. The lowest BCUT2D eigenvalue weighted by Gasteiger charge is -2.25. The summed E-state index contributed by atoms with van der Waals surface area (Å²) in [6.45, 7) is 8.84. The zero-order valence-electron chi connectivity index (χ0n) is 13.4. The third-order valence-corrected chi connectivity index (χ3v) is 3.85. The van der Waals surface area contributed by atoms with Gasteiger partial charge in [0.1, 0.15) is 0 Å². The molecule has 1 rings (SSSR count). The topological polar surface area (TPSA) is 43.0 Å². The predicted octanol–water partition coefficient (Wildman–Crippen LogP) is 1.13. The zero-order valence-corrected chi connectivity index (χ0v) is 13.4. The predicted molar refractivity (Wildman–Crippen MR) is 81.2 cm³/mol. The normalized spacial score (nSPS) is 20.7. The van der Waals surface area contributed by atoms with E-state index in [2.05, 4.69) is 17.1 Å². The summed E-state index contributed by atoms with van der Waals surface area (Å²) in [4.78, 5) is 2.43. The number of rotatable bonds is 12. The molecule has 5 nitrogen and oxygen atoms in total. The third kappa shape index (κ3) is 7.55. The minimum atomic E-state index is 0.399. The number of hydrogen-bond donors (Lipinski definition) is 1. The highest BCUT2D eigenvalue weighted by Crippen LogP contribution is 2.15. The van der Waals surface area contributed by atoms with Gasteiger partial charge in [0.05, 0.1) is 12.7 Å². The van der Waals surface area contributed by atoms with Gasteiger partial charge in [-0.2, -0.15) is 0 Å². The fourth-order valence-electron chi connectivity index (χ4n) is 2.57. The first-order valence-electron chi connectivity index (χ1n) is 7.83. The van der Waals surface area contributed by atoms with Crippen molar-refractivity contribution in [3.05, 3.63) is 0 Å². The van der Waals surface area contributed by atoms with Gasteiger partial charge in [-0.25, -0.2) is 0 Å². The molecule has 5 heteroatoms. The summed E-state index contributed by atoms with van der Waals surface area (Å²) in [6.07, 6.45) is 3.86. The fraction of sp³-hybridized carbons (Fsp3) is 1.00. The Balaban J connectivity index is 2.15. The average molecular weight is 288 g/mol. The van der Waals surface area contributed by atoms with Gasteiger partial charge in [0, 0.05) is 59.7 Å². The summed E-state index contributed by atoms with van der Waals surface area (Å²) < 4.78 is 16.0. The molecule has 0 radical (unpaired) electrons. The summed E-state index contributed by atoms with van der Waals surface area (Å²) in [5.41, 5.74) is 0. The molecule has 1 fully saturated rings. The molecule has 0 aliphatic carbocycles. The molecule has 0 saturated carbocycles. The summed E-state index contributed by atoms with van der Waals surface area (Å²) in [7, 11) is 3.51. The van der Waals surface area contributed by atoms with E-state index in [0.29, 0.717) is 12.1 Å². The Kier molecular flexibility index (Phi) is 10.2. The number of nitrogens with zero attached hydrogens (tertiary/aromatic N) is 1. The maximum atomic E-state index is 5.70. The summed E-state index contributed by atoms with van der Waals surface area (Å²) in [5, 5.41) is 3.58. The second-order valence-corrected chi connectivity index (χ2v) is 5.48. The van der Waals surface area contributed by atoms with Gasteiger partial charge in [-0.3, -0.25) is 4.90 Å². The van der Waals surface area contributed by atoms with Crippen LogP contribution in [0.2, 0.25) is 0 Å². The van der Waals surface area contributed by atoms with Crippen LogP contribution < -0.4 is 5.32 Å². The maximum absolute atomic E-state index is 5.70. The minimum absolute atomic E-state index is 0.399. The maximum Gasteiger partial charge on any atom is 0.0726 e. The zero-order chi connectivity index (χ0) is 14.6. The molecule has 0 amide bonds. The van der Waals surface area contributed by atoms with E-state index in [1.165, 1.54) is 12.8 Å².